The van der Waals surface area contributed by atoms with E-state index in [9.17, 15) is 9.59 Å². The minimum absolute atomic E-state index is 0.0654. The minimum atomic E-state index is -0.630. The molecule has 1 saturated heterocycles. The van der Waals surface area contributed by atoms with E-state index in [0.717, 1.165) is 43.0 Å². The minimum Gasteiger partial charge on any atom is -0.497 e. The Balaban J connectivity index is 1.70. The number of methoxy groups -OCH3 is 1. The molecule has 184 valence electrons. The summed E-state index contributed by atoms with van der Waals surface area (Å²) in [6, 6.07) is 14.3. The molecular formula is C26H34ClN3O3S. The standard InChI is InChI=1S/C26H34ClN3O3S/c1-33-20-12-10-19(11-13-20)24(30-15-6-3-7-16-30)18-28-26(32)23(14-17-34-2)29-25(31)21-8-4-5-9-22(21)27/h4-5,8-13,23-24H,3,6-7,14-18H2,1-2H3,(H,28,32)(H,29,31)/t23-,24-/m1/s1. The Morgan fingerprint density at radius 1 is 1.09 bits per heavy atom. The Morgan fingerprint density at radius 3 is 2.44 bits per heavy atom. The van der Waals surface area contributed by atoms with Gasteiger partial charge in [-0.3, -0.25) is 14.5 Å². The number of thioether (sulfide) groups is 1. The zero-order valence-corrected chi connectivity index (χ0v) is 21.5. The van der Waals surface area contributed by atoms with Crippen LogP contribution in [-0.4, -0.2) is 61.5 Å². The van der Waals surface area contributed by atoms with Gasteiger partial charge in [0.1, 0.15) is 11.8 Å². The first-order valence-electron chi connectivity index (χ1n) is 11.7. The molecule has 2 aromatic rings. The van der Waals surface area contributed by atoms with Crippen molar-refractivity contribution in [2.45, 2.75) is 37.8 Å². The van der Waals surface area contributed by atoms with E-state index in [0.29, 0.717) is 23.6 Å². The van der Waals surface area contributed by atoms with Crippen molar-refractivity contribution in [3.05, 3.63) is 64.7 Å². The number of carbonyl (C=O) groups is 2. The van der Waals surface area contributed by atoms with Crippen LogP contribution in [0.4, 0.5) is 0 Å². The second-order valence-electron chi connectivity index (χ2n) is 8.42. The van der Waals surface area contributed by atoms with Crippen LogP contribution in [0, 0.1) is 0 Å². The summed E-state index contributed by atoms with van der Waals surface area (Å²) in [6.07, 6.45) is 6.08. The number of hydrogen-bond acceptors (Lipinski definition) is 5. The number of ether oxygens (including phenoxy) is 1. The van der Waals surface area contributed by atoms with E-state index >= 15 is 0 Å². The molecule has 2 N–H and O–H groups in total. The van der Waals surface area contributed by atoms with Gasteiger partial charge in [-0.2, -0.15) is 11.8 Å². The quantitative estimate of drug-likeness (QED) is 0.471. The smallest absolute Gasteiger partial charge is 0.253 e. The molecule has 1 heterocycles. The Labute approximate surface area is 211 Å². The van der Waals surface area contributed by atoms with Gasteiger partial charge < -0.3 is 15.4 Å². The fraction of sp³-hybridized carbons (Fsp3) is 0.462. The van der Waals surface area contributed by atoms with Crippen LogP contribution >= 0.6 is 23.4 Å². The van der Waals surface area contributed by atoms with Crippen LogP contribution in [-0.2, 0) is 4.79 Å². The predicted octanol–water partition coefficient (Wildman–Crippen LogP) is 4.54. The molecule has 0 saturated carbocycles. The zero-order valence-electron chi connectivity index (χ0n) is 19.9. The number of likely N-dealkylation sites (tertiary alicyclic amines) is 1. The molecule has 1 aliphatic heterocycles. The molecule has 2 atom stereocenters. The van der Waals surface area contributed by atoms with Gasteiger partial charge in [0.15, 0.2) is 0 Å². The van der Waals surface area contributed by atoms with E-state index in [2.05, 4.69) is 27.7 Å². The summed E-state index contributed by atoms with van der Waals surface area (Å²) in [4.78, 5) is 28.5. The predicted molar refractivity (Wildman–Crippen MR) is 140 cm³/mol. The summed E-state index contributed by atoms with van der Waals surface area (Å²) in [5.41, 5.74) is 1.51. The molecule has 34 heavy (non-hydrogen) atoms. The summed E-state index contributed by atoms with van der Waals surface area (Å²) in [6.45, 7) is 2.49. The Hall–Kier alpha value is -2.22. The number of rotatable bonds is 11. The molecule has 0 radical (unpaired) electrons. The van der Waals surface area contributed by atoms with Crippen LogP contribution in [0.15, 0.2) is 48.5 Å². The van der Waals surface area contributed by atoms with Crippen LogP contribution in [0.25, 0.3) is 0 Å². The molecule has 0 aliphatic carbocycles. The largest absolute Gasteiger partial charge is 0.497 e. The number of nitrogens with one attached hydrogen (secondary N) is 2. The lowest BCUT2D eigenvalue weighted by molar-refractivity contribution is -0.123. The topological polar surface area (TPSA) is 70.7 Å². The Morgan fingerprint density at radius 2 is 1.79 bits per heavy atom. The molecule has 1 aliphatic rings. The molecule has 8 heteroatoms. The van der Waals surface area contributed by atoms with Gasteiger partial charge in [0, 0.05) is 6.54 Å². The number of piperidine rings is 1. The highest BCUT2D eigenvalue weighted by Gasteiger charge is 2.26. The Bertz CT molecular complexity index is 935. The maximum Gasteiger partial charge on any atom is 0.253 e. The zero-order chi connectivity index (χ0) is 24.3. The van der Waals surface area contributed by atoms with E-state index < -0.39 is 6.04 Å². The van der Waals surface area contributed by atoms with Crippen LogP contribution in [0.5, 0.6) is 5.75 Å². The number of amides is 2. The van der Waals surface area contributed by atoms with Crippen LogP contribution in [0.3, 0.4) is 0 Å². The van der Waals surface area contributed by atoms with Gasteiger partial charge in [-0.05, 0) is 74.2 Å². The molecule has 2 amide bonds. The number of hydrogen-bond donors (Lipinski definition) is 2. The number of nitrogens with zero attached hydrogens (tertiary/aromatic N) is 1. The van der Waals surface area contributed by atoms with Crippen molar-refractivity contribution in [1.82, 2.24) is 15.5 Å². The van der Waals surface area contributed by atoms with Crippen molar-refractivity contribution in [2.24, 2.45) is 0 Å². The lowest BCUT2D eigenvalue weighted by Crippen LogP contribution is -2.49. The van der Waals surface area contributed by atoms with Crippen LogP contribution < -0.4 is 15.4 Å². The normalized spacial score (nSPS) is 15.9. The third kappa shape index (κ3) is 7.39. The van der Waals surface area contributed by atoms with Gasteiger partial charge in [-0.25, -0.2) is 0 Å². The number of halogens is 1. The number of carbonyl (C=O) groups excluding carboxylic acids is 2. The summed E-state index contributed by atoms with van der Waals surface area (Å²) in [7, 11) is 1.66. The maximum atomic E-state index is 13.2. The molecule has 6 nitrogen and oxygen atoms in total. The summed E-state index contributed by atoms with van der Waals surface area (Å²) in [5, 5.41) is 6.38. The monoisotopic (exact) mass is 503 g/mol. The lowest BCUT2D eigenvalue weighted by Gasteiger charge is -2.35. The molecule has 0 unspecified atom stereocenters. The average Bonchev–Trinajstić information content (AvgIpc) is 2.87. The van der Waals surface area contributed by atoms with E-state index in [1.807, 2.05) is 18.4 Å². The molecule has 0 bridgehead atoms. The second kappa shape index (κ2) is 13.6. The van der Waals surface area contributed by atoms with Gasteiger partial charge >= 0.3 is 0 Å². The van der Waals surface area contributed by atoms with Crippen molar-refractivity contribution in [2.75, 3.05) is 38.8 Å². The summed E-state index contributed by atoms with van der Waals surface area (Å²) in [5.74, 6) is 1.05. The first-order chi connectivity index (χ1) is 16.5. The lowest BCUT2D eigenvalue weighted by atomic mass is 10.0. The highest BCUT2D eigenvalue weighted by atomic mass is 35.5. The van der Waals surface area contributed by atoms with Crippen LogP contribution in [0.1, 0.15) is 47.6 Å². The van der Waals surface area contributed by atoms with E-state index in [4.69, 9.17) is 16.3 Å². The van der Waals surface area contributed by atoms with Crippen LogP contribution in [0.2, 0.25) is 5.02 Å². The van der Waals surface area contributed by atoms with E-state index in [1.165, 1.54) is 6.42 Å². The molecule has 3 rings (SSSR count). The summed E-state index contributed by atoms with van der Waals surface area (Å²) >= 11 is 7.83. The maximum absolute atomic E-state index is 13.2. The third-order valence-corrected chi connectivity index (χ3v) is 7.13. The molecular weight excluding hydrogens is 470 g/mol. The van der Waals surface area contributed by atoms with Gasteiger partial charge in [-0.1, -0.05) is 42.3 Å². The van der Waals surface area contributed by atoms with Gasteiger partial charge in [0.05, 0.1) is 23.7 Å². The first kappa shape index (κ1) is 26.4. The van der Waals surface area contributed by atoms with E-state index in [-0.39, 0.29) is 17.9 Å². The molecule has 0 aromatic heterocycles. The van der Waals surface area contributed by atoms with Crippen molar-refractivity contribution in [1.29, 1.82) is 0 Å². The van der Waals surface area contributed by atoms with Crippen molar-refractivity contribution < 1.29 is 14.3 Å². The van der Waals surface area contributed by atoms with Crippen molar-refractivity contribution in [3.63, 3.8) is 0 Å². The second-order valence-corrected chi connectivity index (χ2v) is 9.81. The Kier molecular flexibility index (Phi) is 10.6. The molecule has 0 spiro atoms. The van der Waals surface area contributed by atoms with Crippen molar-refractivity contribution in [3.8, 4) is 5.75 Å². The van der Waals surface area contributed by atoms with E-state index in [1.54, 1.807) is 43.1 Å². The molecule has 2 aromatic carbocycles. The fourth-order valence-corrected chi connectivity index (χ4v) is 4.91. The number of benzene rings is 2. The van der Waals surface area contributed by atoms with Gasteiger partial charge in [0.25, 0.3) is 5.91 Å². The third-order valence-electron chi connectivity index (χ3n) is 6.15. The van der Waals surface area contributed by atoms with Crippen molar-refractivity contribution >= 4 is 35.2 Å². The first-order valence-corrected chi connectivity index (χ1v) is 13.5. The highest BCUT2D eigenvalue weighted by Crippen LogP contribution is 2.26. The average molecular weight is 504 g/mol. The summed E-state index contributed by atoms with van der Waals surface area (Å²) < 4.78 is 5.31. The SMILES string of the molecule is COc1ccc([C@@H](CNC(=O)[C@@H](CCSC)NC(=O)c2ccccc2Cl)N2CCCCC2)cc1. The van der Waals surface area contributed by atoms with Gasteiger partial charge in [0.2, 0.25) is 5.91 Å². The fourth-order valence-electron chi connectivity index (χ4n) is 4.22. The highest BCUT2D eigenvalue weighted by molar-refractivity contribution is 7.98. The van der Waals surface area contributed by atoms with Gasteiger partial charge in [-0.15, -0.1) is 0 Å². The molecule has 1 fully saturated rings.